The number of rotatable bonds is 11. The average Bonchev–Trinajstić information content (AvgIpc) is 3.58. The van der Waals surface area contributed by atoms with Crippen LogP contribution in [0.15, 0.2) is 24.3 Å². The van der Waals surface area contributed by atoms with Crippen LogP contribution in [-0.4, -0.2) is 106 Å². The average molecular weight is 562 g/mol. The van der Waals surface area contributed by atoms with Gasteiger partial charge in [0.25, 0.3) is 5.91 Å². The van der Waals surface area contributed by atoms with Crippen molar-refractivity contribution < 1.29 is 38.9 Å². The number of carbonyl (C=O) groups is 5. The topological polar surface area (TPSA) is 206 Å². The van der Waals surface area contributed by atoms with Gasteiger partial charge in [-0.25, -0.2) is 4.79 Å². The summed E-state index contributed by atoms with van der Waals surface area (Å²) in [4.78, 5) is 66.6. The summed E-state index contributed by atoms with van der Waals surface area (Å²) in [5, 5.41) is 23.2. The van der Waals surface area contributed by atoms with Crippen molar-refractivity contribution in [3.63, 3.8) is 0 Å². The molecule has 220 valence electrons. The van der Waals surface area contributed by atoms with E-state index in [1.165, 1.54) is 16.7 Å². The predicted octanol–water partition coefficient (Wildman–Crippen LogP) is -1.26. The molecule has 2 aliphatic heterocycles. The second kappa shape index (κ2) is 13.2. The molecule has 1 aromatic rings. The monoisotopic (exact) mass is 561 g/mol. The van der Waals surface area contributed by atoms with Gasteiger partial charge in [-0.05, 0) is 45.1 Å². The van der Waals surface area contributed by atoms with E-state index in [0.29, 0.717) is 25.5 Å². The molecule has 2 fully saturated rings. The van der Waals surface area contributed by atoms with Gasteiger partial charge in [0.15, 0.2) is 6.10 Å². The van der Waals surface area contributed by atoms with Crippen molar-refractivity contribution in [1.82, 2.24) is 15.1 Å². The number of benzene rings is 1. The Bertz CT molecular complexity index is 1120. The van der Waals surface area contributed by atoms with E-state index in [1.54, 1.807) is 0 Å². The van der Waals surface area contributed by atoms with Gasteiger partial charge in [0.2, 0.25) is 11.8 Å². The van der Waals surface area contributed by atoms with Crippen molar-refractivity contribution in [2.45, 2.75) is 81.9 Å². The molecule has 5 unspecified atom stereocenters. The quantitative estimate of drug-likeness (QED) is 0.204. The Kier molecular flexibility index (Phi) is 10.2. The number of nitrogens with two attached hydrogens (primary N) is 2. The van der Waals surface area contributed by atoms with Crippen molar-refractivity contribution in [2.24, 2.45) is 11.5 Å². The molecule has 0 bridgehead atoms. The summed E-state index contributed by atoms with van der Waals surface area (Å²) in [7, 11) is 0. The van der Waals surface area contributed by atoms with E-state index in [9.17, 15) is 34.2 Å². The lowest BCUT2D eigenvalue weighted by molar-refractivity contribution is -0.156. The largest absolute Gasteiger partial charge is 0.443 e. The minimum atomic E-state index is -1.73. The van der Waals surface area contributed by atoms with Gasteiger partial charge in [0.1, 0.15) is 30.0 Å². The summed E-state index contributed by atoms with van der Waals surface area (Å²) in [6.45, 7) is 3.39. The van der Waals surface area contributed by atoms with E-state index in [0.717, 1.165) is 11.1 Å². The molecule has 7 N–H and O–H groups in total. The Morgan fingerprint density at radius 1 is 1.23 bits per heavy atom. The maximum absolute atomic E-state index is 14.1. The fourth-order valence-corrected chi connectivity index (χ4v) is 5.60. The van der Waals surface area contributed by atoms with Crippen LogP contribution in [0.2, 0.25) is 0 Å². The van der Waals surface area contributed by atoms with E-state index in [2.05, 4.69) is 5.32 Å². The lowest BCUT2D eigenvalue weighted by Gasteiger charge is -2.41. The molecule has 6 atom stereocenters. The smallest absolute Gasteiger partial charge is 0.404 e. The highest BCUT2D eigenvalue weighted by atomic mass is 16.6. The molecule has 13 heteroatoms. The molecule has 0 aromatic heterocycles. The van der Waals surface area contributed by atoms with Gasteiger partial charge in [0, 0.05) is 26.1 Å². The number of hydrogen-bond acceptors (Lipinski definition) is 9. The van der Waals surface area contributed by atoms with Crippen LogP contribution in [0, 0.1) is 6.92 Å². The summed E-state index contributed by atoms with van der Waals surface area (Å²) in [6.07, 6.45) is -3.29. The molecule has 2 heterocycles. The maximum Gasteiger partial charge on any atom is 0.404 e. The first kappa shape index (κ1) is 31.0. The molecule has 0 saturated carbocycles. The number of hydrogen-bond donors (Lipinski definition) is 5. The number of nitrogens with one attached hydrogen (secondary N) is 1. The fraction of sp³-hybridized carbons (Fsp3) is 0.593. The lowest BCUT2D eigenvalue weighted by Crippen LogP contribution is -2.64. The molecular weight excluding hydrogens is 522 g/mol. The second-order valence-corrected chi connectivity index (χ2v) is 10.5. The van der Waals surface area contributed by atoms with E-state index >= 15 is 0 Å². The van der Waals surface area contributed by atoms with Crippen LogP contribution in [0.1, 0.15) is 43.7 Å². The molecule has 4 amide bonds. The summed E-state index contributed by atoms with van der Waals surface area (Å²) in [5.41, 5.74) is 10.9. The van der Waals surface area contributed by atoms with Crippen LogP contribution in [0.4, 0.5) is 4.79 Å². The van der Waals surface area contributed by atoms with Gasteiger partial charge in [-0.3, -0.25) is 14.4 Å². The highest BCUT2D eigenvalue weighted by molar-refractivity contribution is 5.97. The summed E-state index contributed by atoms with van der Waals surface area (Å²) in [5.74, 6) is -1.86. The number of likely N-dealkylation sites (tertiary alicyclic amines) is 2. The van der Waals surface area contributed by atoms with Crippen LogP contribution in [-0.2, 0) is 30.3 Å². The number of primary amides is 1. The fourth-order valence-electron chi connectivity index (χ4n) is 5.60. The first-order valence-corrected chi connectivity index (χ1v) is 13.4. The first-order valence-electron chi connectivity index (χ1n) is 13.4. The van der Waals surface area contributed by atoms with Crippen LogP contribution < -0.4 is 16.8 Å². The van der Waals surface area contributed by atoms with Gasteiger partial charge in [-0.15, -0.1) is 0 Å². The highest BCUT2D eigenvalue weighted by Gasteiger charge is 2.53. The molecule has 1 aromatic carbocycles. The van der Waals surface area contributed by atoms with Crippen LogP contribution in [0.5, 0.6) is 0 Å². The number of nitrogens with zero attached hydrogens (tertiary/aromatic N) is 2. The Morgan fingerprint density at radius 2 is 1.95 bits per heavy atom. The SMILES string of the molecule is Cc1cccc(CC2(C(=O)NC(C=O)C(O)CN)CCCN2C(=O)[C@H]2CCCN2C(=O)C(O)C(C)OC(N)=O)c1. The predicted molar refractivity (Wildman–Crippen MR) is 142 cm³/mol. The Labute approximate surface area is 232 Å². The van der Waals surface area contributed by atoms with Crippen LogP contribution in [0.25, 0.3) is 0 Å². The van der Waals surface area contributed by atoms with Gasteiger partial charge >= 0.3 is 6.09 Å². The van der Waals surface area contributed by atoms with E-state index < -0.39 is 59.7 Å². The first-order chi connectivity index (χ1) is 18.9. The third-order valence-corrected chi connectivity index (χ3v) is 7.68. The standard InChI is InChI=1S/C27H39N5O8/c1-16-6-3-7-18(12-16)13-27(25(38)30-19(15-33)21(34)14-28)9-5-11-32(27)23(36)20-8-4-10-31(20)24(37)22(35)17(2)40-26(29)39/h3,6-7,12,15,17,19-22,34-35H,4-5,8-11,13-14,28H2,1-2H3,(H2,29,39)(H,30,38)/t17?,19?,20-,21?,22?,27?/m1/s1. The van der Waals surface area contributed by atoms with Gasteiger partial charge < -0.3 is 46.3 Å². The van der Waals surface area contributed by atoms with Crippen molar-refractivity contribution in [2.75, 3.05) is 19.6 Å². The van der Waals surface area contributed by atoms with Crippen molar-refractivity contribution >= 4 is 30.1 Å². The molecule has 0 radical (unpaired) electrons. The zero-order valence-corrected chi connectivity index (χ0v) is 22.8. The maximum atomic E-state index is 14.1. The van der Waals surface area contributed by atoms with Gasteiger partial charge in [-0.1, -0.05) is 29.8 Å². The van der Waals surface area contributed by atoms with E-state index in [1.807, 2.05) is 31.2 Å². The molecule has 40 heavy (non-hydrogen) atoms. The van der Waals surface area contributed by atoms with Gasteiger partial charge in [-0.2, -0.15) is 0 Å². The number of carbonyl (C=O) groups excluding carboxylic acids is 5. The minimum absolute atomic E-state index is 0.142. The third kappa shape index (κ3) is 6.60. The summed E-state index contributed by atoms with van der Waals surface area (Å²) >= 11 is 0. The zero-order chi connectivity index (χ0) is 29.6. The van der Waals surface area contributed by atoms with Crippen LogP contribution in [0.3, 0.4) is 0 Å². The number of ether oxygens (including phenoxy) is 1. The van der Waals surface area contributed by atoms with Crippen molar-refractivity contribution in [1.29, 1.82) is 0 Å². The van der Waals surface area contributed by atoms with Crippen LogP contribution >= 0.6 is 0 Å². The molecule has 2 aliphatic rings. The Morgan fingerprint density at radius 3 is 2.58 bits per heavy atom. The number of amides is 4. The van der Waals surface area contributed by atoms with Crippen molar-refractivity contribution in [3.8, 4) is 0 Å². The Hall–Kier alpha value is -3.55. The third-order valence-electron chi connectivity index (χ3n) is 7.68. The van der Waals surface area contributed by atoms with E-state index in [-0.39, 0.29) is 32.5 Å². The second-order valence-electron chi connectivity index (χ2n) is 10.5. The highest BCUT2D eigenvalue weighted by Crippen LogP contribution is 2.36. The summed E-state index contributed by atoms with van der Waals surface area (Å²) < 4.78 is 4.74. The van der Waals surface area contributed by atoms with E-state index in [4.69, 9.17) is 16.2 Å². The molecule has 13 nitrogen and oxygen atoms in total. The zero-order valence-electron chi connectivity index (χ0n) is 22.8. The number of aryl methyl sites for hydroxylation is 1. The number of aliphatic hydroxyl groups is 2. The molecule has 0 aliphatic carbocycles. The summed E-state index contributed by atoms with van der Waals surface area (Å²) in [6, 6.07) is 5.28. The lowest BCUT2D eigenvalue weighted by atomic mass is 9.85. The molecule has 3 rings (SSSR count). The Balaban J connectivity index is 1.94. The van der Waals surface area contributed by atoms with Crippen molar-refractivity contribution in [3.05, 3.63) is 35.4 Å². The minimum Gasteiger partial charge on any atom is -0.443 e. The number of aldehydes is 1. The molecular formula is C27H39N5O8. The molecule has 0 spiro atoms. The number of aliphatic hydroxyl groups excluding tert-OH is 2. The molecule has 2 saturated heterocycles. The normalized spacial score (nSPS) is 23.7. The van der Waals surface area contributed by atoms with Gasteiger partial charge in [0.05, 0.1) is 6.10 Å².